The van der Waals surface area contributed by atoms with Gasteiger partial charge in [-0.25, -0.2) is 0 Å². The van der Waals surface area contributed by atoms with E-state index in [0.717, 1.165) is 30.7 Å². The molecule has 2 aromatic rings. The average Bonchev–Trinajstić information content (AvgIpc) is 2.78. The first-order chi connectivity index (χ1) is 15.2. The third kappa shape index (κ3) is 8.58. The molecule has 0 spiro atoms. The molecule has 1 unspecified atom stereocenters. The number of amides is 1. The number of carbonyl (C=O) groups excluding carboxylic acids is 2. The predicted molar refractivity (Wildman–Crippen MR) is 112 cm³/mol. The minimum atomic E-state index is -4.43. The first kappa shape index (κ1) is 25.2. The minimum Gasteiger partial charge on any atom is -0.494 e. The van der Waals surface area contributed by atoms with Gasteiger partial charge in [-0.15, -0.1) is 0 Å². The quantitative estimate of drug-likeness (QED) is 0.475. The standard InChI is InChI=1S/C23H26F3NO5/c1-2-13-31-19-7-3-16(4-8-19)21(29)11-12-22(30)27-14-18(28)15-32-20-9-5-17(6-10-20)23(24,25)26/h3-10,18,28H,2,11-15H2,1H3,(H,27,30). The van der Waals surface area contributed by atoms with Gasteiger partial charge in [-0.05, 0) is 55.0 Å². The van der Waals surface area contributed by atoms with Gasteiger partial charge in [0.05, 0.1) is 12.2 Å². The van der Waals surface area contributed by atoms with E-state index >= 15 is 0 Å². The van der Waals surface area contributed by atoms with Crippen LogP contribution >= 0.6 is 0 Å². The van der Waals surface area contributed by atoms with E-state index in [-0.39, 0.29) is 37.5 Å². The Hall–Kier alpha value is -3.07. The molecule has 0 fully saturated rings. The predicted octanol–water partition coefficient (Wildman–Crippen LogP) is 4.01. The Morgan fingerprint density at radius 3 is 2.16 bits per heavy atom. The molecule has 0 heterocycles. The molecule has 2 rings (SSSR count). The molecule has 1 amide bonds. The number of ether oxygens (including phenoxy) is 2. The highest BCUT2D eigenvalue weighted by Crippen LogP contribution is 2.30. The van der Waals surface area contributed by atoms with Crippen LogP contribution in [-0.2, 0) is 11.0 Å². The van der Waals surface area contributed by atoms with E-state index < -0.39 is 23.8 Å². The van der Waals surface area contributed by atoms with Crippen LogP contribution in [0.4, 0.5) is 13.2 Å². The van der Waals surface area contributed by atoms with Crippen molar-refractivity contribution < 1.29 is 37.3 Å². The van der Waals surface area contributed by atoms with Gasteiger partial charge < -0.3 is 19.9 Å². The van der Waals surface area contributed by atoms with Crippen LogP contribution in [0.1, 0.15) is 42.1 Å². The molecule has 0 saturated heterocycles. The Labute approximate surface area is 184 Å². The fraction of sp³-hybridized carbons (Fsp3) is 0.391. The van der Waals surface area contributed by atoms with Crippen LogP contribution in [0.2, 0.25) is 0 Å². The third-order valence-electron chi connectivity index (χ3n) is 4.39. The summed E-state index contributed by atoms with van der Waals surface area (Å²) in [4.78, 5) is 24.1. The number of nitrogens with one attached hydrogen (secondary N) is 1. The van der Waals surface area contributed by atoms with Gasteiger partial charge in [0.2, 0.25) is 5.91 Å². The lowest BCUT2D eigenvalue weighted by Crippen LogP contribution is -2.35. The van der Waals surface area contributed by atoms with Crippen molar-refractivity contribution in [2.75, 3.05) is 19.8 Å². The van der Waals surface area contributed by atoms with Gasteiger partial charge in [-0.1, -0.05) is 6.92 Å². The third-order valence-corrected chi connectivity index (χ3v) is 4.39. The van der Waals surface area contributed by atoms with Crippen LogP contribution in [0.25, 0.3) is 0 Å². The molecule has 0 bridgehead atoms. The molecular weight excluding hydrogens is 427 g/mol. The highest BCUT2D eigenvalue weighted by atomic mass is 19.4. The Morgan fingerprint density at radius 2 is 1.56 bits per heavy atom. The summed E-state index contributed by atoms with van der Waals surface area (Å²) in [7, 11) is 0. The number of aliphatic hydroxyl groups is 1. The molecule has 174 valence electrons. The molecule has 0 aromatic heterocycles. The maximum atomic E-state index is 12.5. The van der Waals surface area contributed by atoms with Gasteiger partial charge in [0.1, 0.15) is 24.2 Å². The van der Waals surface area contributed by atoms with Crippen LogP contribution in [0.15, 0.2) is 48.5 Å². The second-order valence-corrected chi connectivity index (χ2v) is 7.09. The molecule has 0 aliphatic rings. The number of ketones is 1. The number of benzene rings is 2. The molecule has 2 N–H and O–H groups in total. The first-order valence-electron chi connectivity index (χ1n) is 10.2. The SMILES string of the molecule is CCCOc1ccc(C(=O)CCC(=O)NCC(O)COc2ccc(C(F)(F)F)cc2)cc1. The van der Waals surface area contributed by atoms with Gasteiger partial charge in [0, 0.05) is 24.9 Å². The summed E-state index contributed by atoms with van der Waals surface area (Å²) in [5.74, 6) is 0.247. The fourth-order valence-corrected chi connectivity index (χ4v) is 2.64. The van der Waals surface area contributed by atoms with Gasteiger partial charge in [-0.3, -0.25) is 9.59 Å². The van der Waals surface area contributed by atoms with Crippen molar-refractivity contribution in [1.82, 2.24) is 5.32 Å². The molecule has 1 atom stereocenters. The number of aliphatic hydroxyl groups excluding tert-OH is 1. The summed E-state index contributed by atoms with van der Waals surface area (Å²) >= 11 is 0. The van der Waals surface area contributed by atoms with E-state index in [1.54, 1.807) is 24.3 Å². The topological polar surface area (TPSA) is 84.9 Å². The van der Waals surface area contributed by atoms with Crippen LogP contribution in [-0.4, -0.2) is 42.7 Å². The number of hydrogen-bond acceptors (Lipinski definition) is 5. The summed E-state index contributed by atoms with van der Waals surface area (Å²) in [5, 5.41) is 12.4. The highest BCUT2D eigenvalue weighted by molar-refractivity contribution is 5.98. The van der Waals surface area contributed by atoms with E-state index in [1.165, 1.54) is 0 Å². The number of Topliss-reactive ketones (excluding diaryl/α,β-unsaturated/α-hetero) is 1. The monoisotopic (exact) mass is 453 g/mol. The van der Waals surface area contributed by atoms with E-state index in [0.29, 0.717) is 17.9 Å². The summed E-state index contributed by atoms with van der Waals surface area (Å²) < 4.78 is 48.3. The van der Waals surface area contributed by atoms with Gasteiger partial charge in [-0.2, -0.15) is 13.2 Å². The van der Waals surface area contributed by atoms with Crippen LogP contribution < -0.4 is 14.8 Å². The van der Waals surface area contributed by atoms with Crippen molar-refractivity contribution in [3.8, 4) is 11.5 Å². The zero-order chi connectivity index (χ0) is 23.6. The molecule has 0 radical (unpaired) electrons. The van der Waals surface area contributed by atoms with E-state index in [1.807, 2.05) is 6.92 Å². The molecule has 0 saturated carbocycles. The summed E-state index contributed by atoms with van der Waals surface area (Å²) in [6, 6.07) is 10.8. The zero-order valence-corrected chi connectivity index (χ0v) is 17.7. The van der Waals surface area contributed by atoms with Crippen LogP contribution in [0.5, 0.6) is 11.5 Å². The summed E-state index contributed by atoms with van der Waals surface area (Å²) in [5.41, 5.74) is -0.320. The Kier molecular flexibility index (Phi) is 9.52. The number of hydrogen-bond donors (Lipinski definition) is 2. The second kappa shape index (κ2) is 12.1. The summed E-state index contributed by atoms with van der Waals surface area (Å²) in [6.45, 7) is 2.26. The smallest absolute Gasteiger partial charge is 0.416 e. The summed E-state index contributed by atoms with van der Waals surface area (Å²) in [6.07, 6.45) is -4.65. The largest absolute Gasteiger partial charge is 0.494 e. The number of carbonyl (C=O) groups is 2. The van der Waals surface area contributed by atoms with Gasteiger partial charge in [0.25, 0.3) is 0 Å². The van der Waals surface area contributed by atoms with Crippen molar-refractivity contribution in [3.05, 3.63) is 59.7 Å². The number of halogens is 3. The maximum absolute atomic E-state index is 12.5. The lowest BCUT2D eigenvalue weighted by Gasteiger charge is -2.14. The number of alkyl halides is 3. The molecule has 0 aliphatic carbocycles. The molecule has 9 heteroatoms. The second-order valence-electron chi connectivity index (χ2n) is 7.09. The number of rotatable bonds is 12. The van der Waals surface area contributed by atoms with Crippen molar-refractivity contribution in [3.63, 3.8) is 0 Å². The van der Waals surface area contributed by atoms with E-state index in [2.05, 4.69) is 5.32 Å². The Morgan fingerprint density at radius 1 is 0.969 bits per heavy atom. The van der Waals surface area contributed by atoms with Crippen LogP contribution in [0, 0.1) is 0 Å². The fourth-order valence-electron chi connectivity index (χ4n) is 2.64. The lowest BCUT2D eigenvalue weighted by molar-refractivity contribution is -0.137. The zero-order valence-electron chi connectivity index (χ0n) is 17.7. The van der Waals surface area contributed by atoms with Crippen molar-refractivity contribution in [2.45, 2.75) is 38.5 Å². The molecule has 32 heavy (non-hydrogen) atoms. The molecular formula is C23H26F3NO5. The van der Waals surface area contributed by atoms with E-state index in [9.17, 15) is 27.9 Å². The minimum absolute atomic E-state index is 0.0130. The van der Waals surface area contributed by atoms with Gasteiger partial charge >= 0.3 is 6.18 Å². The van der Waals surface area contributed by atoms with E-state index in [4.69, 9.17) is 9.47 Å². The Balaban J connectivity index is 1.67. The molecule has 6 nitrogen and oxygen atoms in total. The van der Waals surface area contributed by atoms with Crippen molar-refractivity contribution >= 4 is 11.7 Å². The first-order valence-corrected chi connectivity index (χ1v) is 10.2. The van der Waals surface area contributed by atoms with Crippen molar-refractivity contribution in [1.29, 1.82) is 0 Å². The van der Waals surface area contributed by atoms with Crippen molar-refractivity contribution in [2.24, 2.45) is 0 Å². The average molecular weight is 453 g/mol. The van der Waals surface area contributed by atoms with Crippen LogP contribution in [0.3, 0.4) is 0 Å². The molecule has 2 aromatic carbocycles. The molecule has 0 aliphatic heterocycles. The normalized spacial score (nSPS) is 12.2. The van der Waals surface area contributed by atoms with Gasteiger partial charge in [0.15, 0.2) is 5.78 Å². The highest BCUT2D eigenvalue weighted by Gasteiger charge is 2.30. The lowest BCUT2D eigenvalue weighted by atomic mass is 10.1. The maximum Gasteiger partial charge on any atom is 0.416 e. The Bertz CT molecular complexity index is 867.